The van der Waals surface area contributed by atoms with E-state index < -0.39 is 10.0 Å². The highest BCUT2D eigenvalue weighted by Gasteiger charge is 2.18. The van der Waals surface area contributed by atoms with Crippen LogP contribution in [-0.4, -0.2) is 18.6 Å². The van der Waals surface area contributed by atoms with Gasteiger partial charge in [0.05, 0.1) is 10.7 Å². The summed E-state index contributed by atoms with van der Waals surface area (Å²) in [6, 6.07) is 14.4. The minimum absolute atomic E-state index is 0.260. The molecule has 0 atom stereocenters. The lowest BCUT2D eigenvalue weighted by Crippen LogP contribution is -2.15. The van der Waals surface area contributed by atoms with E-state index in [-0.39, 0.29) is 5.75 Å². The van der Waals surface area contributed by atoms with Crippen molar-refractivity contribution in [1.29, 1.82) is 0 Å². The van der Waals surface area contributed by atoms with E-state index in [4.69, 9.17) is 4.52 Å². The Morgan fingerprint density at radius 3 is 2.81 bits per heavy atom. The van der Waals surface area contributed by atoms with Crippen LogP contribution in [0.4, 0.5) is 5.69 Å². The van der Waals surface area contributed by atoms with Crippen LogP contribution < -0.4 is 4.72 Å². The second-order valence-corrected chi connectivity index (χ2v) is 8.60. The first-order chi connectivity index (χ1) is 12.5. The second kappa shape index (κ2) is 6.54. The number of aromatic nitrogens is 2. The van der Waals surface area contributed by atoms with E-state index in [9.17, 15) is 8.42 Å². The molecule has 4 aromatic rings. The number of thiazole rings is 1. The highest BCUT2D eigenvalue weighted by Crippen LogP contribution is 2.25. The van der Waals surface area contributed by atoms with Gasteiger partial charge in [0, 0.05) is 22.0 Å². The van der Waals surface area contributed by atoms with Gasteiger partial charge in [-0.15, -0.1) is 11.3 Å². The van der Waals surface area contributed by atoms with Gasteiger partial charge in [-0.05, 0) is 31.2 Å². The molecule has 0 saturated carbocycles. The summed E-state index contributed by atoms with van der Waals surface area (Å²) < 4.78 is 32.9. The number of para-hydroxylation sites is 1. The van der Waals surface area contributed by atoms with E-state index in [2.05, 4.69) is 14.9 Å². The molecule has 0 aliphatic rings. The average molecular weight is 385 g/mol. The van der Waals surface area contributed by atoms with Crippen molar-refractivity contribution in [3.63, 3.8) is 0 Å². The van der Waals surface area contributed by atoms with Crippen LogP contribution in [0.3, 0.4) is 0 Å². The number of sulfonamides is 1. The number of hydrogen-bond acceptors (Lipinski definition) is 6. The molecule has 0 aliphatic heterocycles. The number of hydrogen-bond donors (Lipinski definition) is 1. The molecule has 0 fully saturated rings. The van der Waals surface area contributed by atoms with Crippen molar-refractivity contribution in [1.82, 2.24) is 10.1 Å². The molecule has 0 amide bonds. The van der Waals surface area contributed by atoms with Gasteiger partial charge >= 0.3 is 0 Å². The lowest BCUT2D eigenvalue weighted by molar-refractivity contribution is 0.448. The van der Waals surface area contributed by atoms with Crippen LogP contribution in [0.25, 0.3) is 22.2 Å². The predicted octanol–water partition coefficient (Wildman–Crippen LogP) is 4.20. The SMILES string of the molecule is Cc1nc(-c2cccc(NS(=O)(=O)Cc3noc4ccccc34)c2)cs1. The standard InChI is InChI=1S/C18H15N3O3S2/c1-12-19-16(10-25-12)13-5-4-6-14(9-13)21-26(22,23)11-17-15-7-2-3-8-18(15)24-20-17/h2-10,21H,11H2,1H3. The Kier molecular flexibility index (Phi) is 4.21. The molecule has 1 N–H and O–H groups in total. The van der Waals surface area contributed by atoms with E-state index >= 15 is 0 Å². The van der Waals surface area contributed by atoms with Crippen LogP contribution >= 0.6 is 11.3 Å². The molecule has 2 aromatic carbocycles. The fraction of sp³-hybridized carbons (Fsp3) is 0.111. The van der Waals surface area contributed by atoms with Gasteiger partial charge in [0.15, 0.2) is 5.58 Å². The highest BCUT2D eigenvalue weighted by atomic mass is 32.2. The zero-order chi connectivity index (χ0) is 18.1. The van der Waals surface area contributed by atoms with Gasteiger partial charge in [0.2, 0.25) is 10.0 Å². The fourth-order valence-electron chi connectivity index (χ4n) is 2.68. The summed E-state index contributed by atoms with van der Waals surface area (Å²) in [7, 11) is -3.63. The summed E-state index contributed by atoms with van der Waals surface area (Å²) in [6.07, 6.45) is 0. The number of rotatable bonds is 5. The average Bonchev–Trinajstić information content (AvgIpc) is 3.21. The molecule has 8 heteroatoms. The van der Waals surface area contributed by atoms with Crippen molar-refractivity contribution in [2.24, 2.45) is 0 Å². The van der Waals surface area contributed by atoms with Gasteiger partial charge in [-0.3, -0.25) is 4.72 Å². The van der Waals surface area contributed by atoms with Crippen molar-refractivity contribution in [3.8, 4) is 11.3 Å². The van der Waals surface area contributed by atoms with Crippen molar-refractivity contribution in [2.75, 3.05) is 4.72 Å². The smallest absolute Gasteiger partial charge is 0.238 e. The Balaban J connectivity index is 1.58. The van der Waals surface area contributed by atoms with E-state index in [0.717, 1.165) is 16.3 Å². The zero-order valence-corrected chi connectivity index (χ0v) is 15.5. The maximum Gasteiger partial charge on any atom is 0.238 e. The summed E-state index contributed by atoms with van der Waals surface area (Å²) in [6.45, 7) is 1.93. The first-order valence-electron chi connectivity index (χ1n) is 7.86. The molecular weight excluding hydrogens is 370 g/mol. The molecule has 2 aromatic heterocycles. The third-order valence-electron chi connectivity index (χ3n) is 3.83. The Morgan fingerprint density at radius 2 is 2.00 bits per heavy atom. The summed E-state index contributed by atoms with van der Waals surface area (Å²) >= 11 is 1.55. The molecule has 0 unspecified atom stereocenters. The third-order valence-corrected chi connectivity index (χ3v) is 5.80. The largest absolute Gasteiger partial charge is 0.356 e. The Hall–Kier alpha value is -2.71. The van der Waals surface area contributed by atoms with E-state index in [1.54, 1.807) is 41.7 Å². The maximum absolute atomic E-state index is 12.6. The number of fused-ring (bicyclic) bond motifs is 1. The number of benzene rings is 2. The third kappa shape index (κ3) is 3.47. The molecule has 4 rings (SSSR count). The predicted molar refractivity (Wildman–Crippen MR) is 103 cm³/mol. The topological polar surface area (TPSA) is 85.1 Å². The quantitative estimate of drug-likeness (QED) is 0.556. The van der Waals surface area contributed by atoms with Crippen molar-refractivity contribution in [2.45, 2.75) is 12.7 Å². The molecule has 6 nitrogen and oxygen atoms in total. The van der Waals surface area contributed by atoms with Crippen LogP contribution in [0.5, 0.6) is 0 Å². The molecule has 0 radical (unpaired) electrons. The fourth-order valence-corrected chi connectivity index (χ4v) is 4.42. The lowest BCUT2D eigenvalue weighted by Gasteiger charge is -2.08. The Bertz CT molecular complexity index is 1180. The molecule has 2 heterocycles. The summed E-state index contributed by atoms with van der Waals surface area (Å²) in [5.41, 5.74) is 3.14. The zero-order valence-electron chi connectivity index (χ0n) is 13.8. The molecule has 0 bridgehead atoms. The molecule has 0 spiro atoms. The van der Waals surface area contributed by atoms with Crippen LogP contribution in [0.15, 0.2) is 58.4 Å². The minimum Gasteiger partial charge on any atom is -0.356 e. The minimum atomic E-state index is -3.63. The van der Waals surface area contributed by atoms with Crippen molar-refractivity contribution >= 4 is 38.0 Å². The van der Waals surface area contributed by atoms with Crippen LogP contribution in [0.2, 0.25) is 0 Å². The second-order valence-electron chi connectivity index (χ2n) is 5.82. The summed E-state index contributed by atoms with van der Waals surface area (Å²) in [4.78, 5) is 4.43. The first-order valence-corrected chi connectivity index (χ1v) is 10.4. The number of aryl methyl sites for hydroxylation is 1. The summed E-state index contributed by atoms with van der Waals surface area (Å²) in [5.74, 6) is -0.260. The van der Waals surface area contributed by atoms with Gasteiger partial charge in [-0.1, -0.05) is 29.4 Å². The molecule has 26 heavy (non-hydrogen) atoms. The summed E-state index contributed by atoms with van der Waals surface area (Å²) in [5, 5.41) is 7.50. The van der Waals surface area contributed by atoms with E-state index in [1.165, 1.54) is 0 Å². The van der Waals surface area contributed by atoms with Crippen LogP contribution in [0.1, 0.15) is 10.7 Å². The van der Waals surface area contributed by atoms with Gasteiger partial charge < -0.3 is 4.52 Å². The number of nitrogens with one attached hydrogen (secondary N) is 1. The van der Waals surface area contributed by atoms with Crippen molar-refractivity contribution < 1.29 is 12.9 Å². The molecular formula is C18H15N3O3S2. The highest BCUT2D eigenvalue weighted by molar-refractivity contribution is 7.91. The molecule has 0 saturated heterocycles. The molecule has 132 valence electrons. The lowest BCUT2D eigenvalue weighted by atomic mass is 10.1. The Morgan fingerprint density at radius 1 is 1.15 bits per heavy atom. The monoisotopic (exact) mass is 385 g/mol. The number of anilines is 1. The number of nitrogens with zero attached hydrogens (tertiary/aromatic N) is 2. The normalized spacial score (nSPS) is 11.7. The van der Waals surface area contributed by atoms with Crippen LogP contribution in [0, 0.1) is 6.92 Å². The van der Waals surface area contributed by atoms with E-state index in [1.807, 2.05) is 30.5 Å². The van der Waals surface area contributed by atoms with E-state index in [0.29, 0.717) is 22.4 Å². The molecule has 0 aliphatic carbocycles. The van der Waals surface area contributed by atoms with Gasteiger partial charge in [0.25, 0.3) is 0 Å². The van der Waals surface area contributed by atoms with Gasteiger partial charge in [-0.25, -0.2) is 13.4 Å². The maximum atomic E-state index is 12.6. The van der Waals surface area contributed by atoms with Gasteiger partial charge in [0.1, 0.15) is 11.4 Å². The van der Waals surface area contributed by atoms with Crippen LogP contribution in [-0.2, 0) is 15.8 Å². The van der Waals surface area contributed by atoms with Crippen molar-refractivity contribution in [3.05, 3.63) is 64.6 Å². The Labute approximate surface area is 154 Å². The van der Waals surface area contributed by atoms with Gasteiger partial charge in [-0.2, -0.15) is 0 Å². The first kappa shape index (κ1) is 16.7.